The normalized spacial score (nSPS) is 11.8. The second-order valence-electron chi connectivity index (χ2n) is 6.52. The van der Waals surface area contributed by atoms with Gasteiger partial charge in [-0.15, -0.1) is 11.8 Å². The Morgan fingerprint density at radius 2 is 1.62 bits per heavy atom. The van der Waals surface area contributed by atoms with Crippen molar-refractivity contribution in [3.63, 3.8) is 0 Å². The average Bonchev–Trinajstić information content (AvgIpc) is 2.65. The summed E-state index contributed by atoms with van der Waals surface area (Å²) < 4.78 is 0. The third-order valence-electron chi connectivity index (χ3n) is 4.10. The van der Waals surface area contributed by atoms with Crippen LogP contribution in [0.3, 0.4) is 0 Å². The summed E-state index contributed by atoms with van der Waals surface area (Å²) in [4.78, 5) is 26.0. The minimum atomic E-state index is -0.545. The molecule has 0 aromatic heterocycles. The van der Waals surface area contributed by atoms with Crippen molar-refractivity contribution in [1.82, 2.24) is 10.6 Å². The third-order valence-corrected chi connectivity index (χ3v) is 4.84. The molecular formula is C21H26N2O2S. The average molecular weight is 371 g/mol. The van der Waals surface area contributed by atoms with Gasteiger partial charge in [0, 0.05) is 11.4 Å². The molecular weight excluding hydrogens is 344 g/mol. The zero-order valence-corrected chi connectivity index (χ0v) is 16.3. The van der Waals surface area contributed by atoms with Crippen LogP contribution in [0.4, 0.5) is 0 Å². The number of rotatable bonds is 8. The van der Waals surface area contributed by atoms with Crippen molar-refractivity contribution < 1.29 is 9.59 Å². The molecule has 0 aliphatic heterocycles. The van der Waals surface area contributed by atoms with E-state index in [2.05, 4.69) is 10.6 Å². The Bertz CT molecular complexity index is 715. The van der Waals surface area contributed by atoms with Crippen molar-refractivity contribution in [3.05, 3.63) is 65.7 Å². The van der Waals surface area contributed by atoms with Crippen molar-refractivity contribution in [1.29, 1.82) is 0 Å². The van der Waals surface area contributed by atoms with Gasteiger partial charge in [-0.25, -0.2) is 0 Å². The molecule has 0 aliphatic carbocycles. The molecule has 1 atom stereocenters. The Morgan fingerprint density at radius 1 is 0.962 bits per heavy atom. The fourth-order valence-corrected chi connectivity index (χ4v) is 2.99. The first-order valence-corrected chi connectivity index (χ1v) is 9.96. The molecule has 0 aliphatic rings. The van der Waals surface area contributed by atoms with Crippen molar-refractivity contribution in [2.45, 2.75) is 37.8 Å². The summed E-state index contributed by atoms with van der Waals surface area (Å²) in [5.41, 5.74) is 1.97. The molecule has 2 aromatic carbocycles. The molecule has 26 heavy (non-hydrogen) atoms. The van der Waals surface area contributed by atoms with Crippen LogP contribution in [0, 0.1) is 5.92 Å². The molecule has 0 bridgehead atoms. The van der Waals surface area contributed by atoms with Crippen LogP contribution < -0.4 is 10.6 Å². The van der Waals surface area contributed by atoms with Crippen molar-refractivity contribution in [3.8, 4) is 0 Å². The number of hydrogen-bond acceptors (Lipinski definition) is 3. The first kappa shape index (κ1) is 20.0. The smallest absolute Gasteiger partial charge is 0.243 e. The van der Waals surface area contributed by atoms with Gasteiger partial charge in [-0.05, 0) is 35.4 Å². The summed E-state index contributed by atoms with van der Waals surface area (Å²) >= 11 is 1.68. The standard InChI is InChI=1S/C21H26N2O2S/c1-15(2)20(23-19(24)13-16-7-5-4-6-8-16)21(25)22-14-17-9-11-18(26-3)12-10-17/h4-12,15,20H,13-14H2,1-3H3,(H,22,25)(H,23,24). The lowest BCUT2D eigenvalue weighted by molar-refractivity contribution is -0.129. The van der Waals surface area contributed by atoms with Crippen LogP contribution in [0.15, 0.2) is 59.5 Å². The summed E-state index contributed by atoms with van der Waals surface area (Å²) in [7, 11) is 0. The number of amides is 2. The highest BCUT2D eigenvalue weighted by atomic mass is 32.2. The summed E-state index contributed by atoms with van der Waals surface area (Å²) in [6, 6.07) is 17.1. The molecule has 0 fully saturated rings. The monoisotopic (exact) mass is 370 g/mol. The first-order valence-electron chi connectivity index (χ1n) is 8.73. The SMILES string of the molecule is CSc1ccc(CNC(=O)C(NC(=O)Cc2ccccc2)C(C)C)cc1. The molecule has 2 amide bonds. The van der Waals surface area contributed by atoms with Crippen LogP contribution in [-0.4, -0.2) is 24.1 Å². The summed E-state index contributed by atoms with van der Waals surface area (Å²) in [6.45, 7) is 4.31. The lowest BCUT2D eigenvalue weighted by Gasteiger charge is -2.22. The van der Waals surface area contributed by atoms with E-state index in [9.17, 15) is 9.59 Å². The number of nitrogens with one attached hydrogen (secondary N) is 2. The first-order chi connectivity index (χ1) is 12.5. The van der Waals surface area contributed by atoms with Crippen LogP contribution in [0.1, 0.15) is 25.0 Å². The predicted octanol–water partition coefficient (Wildman–Crippen LogP) is 3.41. The topological polar surface area (TPSA) is 58.2 Å². The number of carbonyl (C=O) groups excluding carboxylic acids is 2. The quantitative estimate of drug-likeness (QED) is 0.700. The van der Waals surface area contributed by atoms with Crippen LogP contribution >= 0.6 is 11.8 Å². The third kappa shape index (κ3) is 6.23. The van der Waals surface area contributed by atoms with Gasteiger partial charge in [0.1, 0.15) is 6.04 Å². The van der Waals surface area contributed by atoms with E-state index in [1.807, 2.05) is 74.7 Å². The van der Waals surface area contributed by atoms with Gasteiger partial charge < -0.3 is 10.6 Å². The summed E-state index contributed by atoms with van der Waals surface area (Å²) in [5.74, 6) is -0.293. The Morgan fingerprint density at radius 3 is 2.19 bits per heavy atom. The Balaban J connectivity index is 1.90. The molecule has 2 rings (SSSR count). The minimum absolute atomic E-state index is 0.00795. The van der Waals surface area contributed by atoms with Gasteiger partial charge in [0.25, 0.3) is 0 Å². The Hall–Kier alpha value is -2.27. The highest BCUT2D eigenvalue weighted by molar-refractivity contribution is 7.98. The second kappa shape index (κ2) is 10.0. The lowest BCUT2D eigenvalue weighted by atomic mass is 10.0. The van der Waals surface area contributed by atoms with E-state index < -0.39 is 6.04 Å². The molecule has 0 heterocycles. The van der Waals surface area contributed by atoms with Gasteiger partial charge in [0.15, 0.2) is 0 Å². The molecule has 0 spiro atoms. The van der Waals surface area contributed by atoms with Crippen molar-refractivity contribution >= 4 is 23.6 Å². The molecule has 0 radical (unpaired) electrons. The molecule has 4 nitrogen and oxygen atoms in total. The highest BCUT2D eigenvalue weighted by Gasteiger charge is 2.23. The zero-order valence-electron chi connectivity index (χ0n) is 15.5. The Labute approximate surface area is 159 Å². The van der Waals surface area contributed by atoms with E-state index in [1.54, 1.807) is 11.8 Å². The molecule has 1 unspecified atom stereocenters. The maximum Gasteiger partial charge on any atom is 0.243 e. The summed E-state index contributed by atoms with van der Waals surface area (Å²) in [6.07, 6.45) is 2.30. The Kier molecular flexibility index (Phi) is 7.73. The van der Waals surface area contributed by atoms with Crippen molar-refractivity contribution in [2.75, 3.05) is 6.26 Å². The number of thioether (sulfide) groups is 1. The van der Waals surface area contributed by atoms with Crippen molar-refractivity contribution in [2.24, 2.45) is 5.92 Å². The molecule has 5 heteroatoms. The van der Waals surface area contributed by atoms with Crippen LogP contribution in [-0.2, 0) is 22.6 Å². The van der Waals surface area contributed by atoms with Gasteiger partial charge in [-0.1, -0.05) is 56.3 Å². The van der Waals surface area contributed by atoms with Gasteiger partial charge >= 0.3 is 0 Å². The molecule has 0 saturated heterocycles. The van der Waals surface area contributed by atoms with E-state index in [1.165, 1.54) is 4.90 Å². The molecule has 0 saturated carbocycles. The van der Waals surface area contributed by atoms with Crippen LogP contribution in [0.25, 0.3) is 0 Å². The maximum absolute atomic E-state index is 12.5. The van der Waals surface area contributed by atoms with E-state index in [-0.39, 0.29) is 24.2 Å². The van der Waals surface area contributed by atoms with Gasteiger partial charge in [0.2, 0.25) is 11.8 Å². The molecule has 2 aromatic rings. The van der Waals surface area contributed by atoms with E-state index in [0.29, 0.717) is 6.54 Å². The summed E-state index contributed by atoms with van der Waals surface area (Å²) in [5, 5.41) is 5.79. The van der Waals surface area contributed by atoms with E-state index in [0.717, 1.165) is 11.1 Å². The number of benzene rings is 2. The molecule has 138 valence electrons. The predicted molar refractivity (Wildman–Crippen MR) is 107 cm³/mol. The fraction of sp³-hybridized carbons (Fsp3) is 0.333. The van der Waals surface area contributed by atoms with Gasteiger partial charge in [0.05, 0.1) is 6.42 Å². The number of carbonyl (C=O) groups is 2. The minimum Gasteiger partial charge on any atom is -0.350 e. The van der Waals surface area contributed by atoms with Gasteiger partial charge in [-0.3, -0.25) is 9.59 Å². The zero-order chi connectivity index (χ0) is 18.9. The van der Waals surface area contributed by atoms with E-state index >= 15 is 0 Å². The number of hydrogen-bond donors (Lipinski definition) is 2. The second-order valence-corrected chi connectivity index (χ2v) is 7.40. The van der Waals surface area contributed by atoms with Gasteiger partial charge in [-0.2, -0.15) is 0 Å². The van der Waals surface area contributed by atoms with Crippen LogP contribution in [0.2, 0.25) is 0 Å². The highest BCUT2D eigenvalue weighted by Crippen LogP contribution is 2.14. The van der Waals surface area contributed by atoms with E-state index in [4.69, 9.17) is 0 Å². The largest absolute Gasteiger partial charge is 0.350 e. The molecule has 2 N–H and O–H groups in total. The lowest BCUT2D eigenvalue weighted by Crippen LogP contribution is -2.49. The van der Waals surface area contributed by atoms with Crippen LogP contribution in [0.5, 0.6) is 0 Å². The fourth-order valence-electron chi connectivity index (χ4n) is 2.58. The maximum atomic E-state index is 12.5.